The second-order valence-corrected chi connectivity index (χ2v) is 6.34. The van der Waals surface area contributed by atoms with Gasteiger partial charge >= 0.3 is 0 Å². The van der Waals surface area contributed by atoms with E-state index in [-0.39, 0.29) is 5.82 Å². The van der Waals surface area contributed by atoms with Crippen molar-refractivity contribution in [2.45, 2.75) is 12.3 Å². The molecule has 0 heterocycles. The van der Waals surface area contributed by atoms with E-state index in [9.17, 15) is 4.39 Å². The summed E-state index contributed by atoms with van der Waals surface area (Å²) in [7, 11) is 0. The standard InChI is InChI=1S/C18H13BrClF/c1-11-6-7-12-4-2-3-5-14(12)17(11)18(20)15-10-13(21)8-9-16(15)19/h2-10,18H,1H3. The van der Waals surface area contributed by atoms with Crippen LogP contribution < -0.4 is 0 Å². The van der Waals surface area contributed by atoms with Crippen LogP contribution in [-0.2, 0) is 0 Å². The summed E-state index contributed by atoms with van der Waals surface area (Å²) in [6.45, 7) is 2.03. The van der Waals surface area contributed by atoms with E-state index in [1.807, 2.05) is 19.1 Å². The van der Waals surface area contributed by atoms with E-state index >= 15 is 0 Å². The number of fused-ring (bicyclic) bond motifs is 1. The summed E-state index contributed by atoms with van der Waals surface area (Å²) in [4.78, 5) is 0. The molecule has 0 radical (unpaired) electrons. The molecule has 0 aromatic heterocycles. The molecule has 106 valence electrons. The minimum absolute atomic E-state index is 0.281. The van der Waals surface area contributed by atoms with Crippen molar-refractivity contribution in [3.05, 3.63) is 81.6 Å². The highest BCUT2D eigenvalue weighted by atomic mass is 79.9. The van der Waals surface area contributed by atoms with Crippen molar-refractivity contribution in [3.63, 3.8) is 0 Å². The Bertz CT molecular complexity index is 813. The zero-order valence-electron chi connectivity index (χ0n) is 11.4. The van der Waals surface area contributed by atoms with Crippen molar-refractivity contribution in [2.24, 2.45) is 0 Å². The fourth-order valence-corrected chi connectivity index (χ4v) is 3.68. The van der Waals surface area contributed by atoms with Crippen molar-refractivity contribution in [1.29, 1.82) is 0 Å². The van der Waals surface area contributed by atoms with Gasteiger partial charge in [-0.05, 0) is 52.6 Å². The fourth-order valence-electron chi connectivity index (χ4n) is 2.61. The Hall–Kier alpha value is -1.38. The largest absolute Gasteiger partial charge is 0.207 e. The lowest BCUT2D eigenvalue weighted by Crippen LogP contribution is -1.99. The van der Waals surface area contributed by atoms with Crippen molar-refractivity contribution in [3.8, 4) is 0 Å². The van der Waals surface area contributed by atoms with Gasteiger partial charge in [0.15, 0.2) is 0 Å². The Labute approximate surface area is 136 Å². The lowest BCUT2D eigenvalue weighted by molar-refractivity contribution is 0.625. The minimum Gasteiger partial charge on any atom is -0.207 e. The molecule has 0 amide bonds. The van der Waals surface area contributed by atoms with Gasteiger partial charge in [0, 0.05) is 4.47 Å². The third kappa shape index (κ3) is 2.70. The van der Waals surface area contributed by atoms with E-state index in [1.54, 1.807) is 6.07 Å². The molecule has 0 saturated carbocycles. The molecule has 0 bridgehead atoms. The fraction of sp³-hybridized carbons (Fsp3) is 0.111. The topological polar surface area (TPSA) is 0 Å². The van der Waals surface area contributed by atoms with Gasteiger partial charge in [-0.2, -0.15) is 0 Å². The zero-order chi connectivity index (χ0) is 15.0. The van der Waals surface area contributed by atoms with Gasteiger partial charge in [-0.15, -0.1) is 11.6 Å². The predicted octanol–water partition coefficient (Wildman–Crippen LogP) is 6.38. The zero-order valence-corrected chi connectivity index (χ0v) is 13.7. The Morgan fingerprint density at radius 1 is 1.05 bits per heavy atom. The molecule has 21 heavy (non-hydrogen) atoms. The lowest BCUT2D eigenvalue weighted by Gasteiger charge is -2.17. The summed E-state index contributed by atoms with van der Waals surface area (Å²) in [6.07, 6.45) is 0. The van der Waals surface area contributed by atoms with E-state index in [2.05, 4.69) is 40.2 Å². The highest BCUT2D eigenvalue weighted by Gasteiger charge is 2.19. The third-order valence-corrected chi connectivity index (χ3v) is 4.85. The molecule has 0 N–H and O–H groups in total. The first-order valence-corrected chi connectivity index (χ1v) is 7.88. The summed E-state index contributed by atoms with van der Waals surface area (Å²) in [5.41, 5.74) is 2.88. The van der Waals surface area contributed by atoms with E-state index in [0.29, 0.717) is 0 Å². The Balaban J connectivity index is 2.24. The first-order valence-electron chi connectivity index (χ1n) is 6.65. The second kappa shape index (κ2) is 5.78. The van der Waals surface area contributed by atoms with Gasteiger partial charge in [-0.3, -0.25) is 0 Å². The maximum atomic E-state index is 13.6. The highest BCUT2D eigenvalue weighted by molar-refractivity contribution is 9.10. The summed E-state index contributed by atoms with van der Waals surface area (Å²) in [5, 5.41) is 1.84. The lowest BCUT2D eigenvalue weighted by atomic mass is 9.94. The molecule has 0 spiro atoms. The van der Waals surface area contributed by atoms with E-state index < -0.39 is 5.38 Å². The first-order chi connectivity index (χ1) is 10.1. The van der Waals surface area contributed by atoms with E-state index in [1.165, 1.54) is 12.1 Å². The van der Waals surface area contributed by atoms with Gasteiger partial charge in [0.1, 0.15) is 5.82 Å². The van der Waals surface area contributed by atoms with Gasteiger partial charge in [-0.1, -0.05) is 52.3 Å². The highest BCUT2D eigenvalue weighted by Crippen LogP contribution is 2.39. The SMILES string of the molecule is Cc1ccc2ccccc2c1C(Cl)c1cc(F)ccc1Br. The normalized spacial score (nSPS) is 12.6. The second-order valence-electron chi connectivity index (χ2n) is 5.05. The predicted molar refractivity (Wildman–Crippen MR) is 90.5 cm³/mol. The van der Waals surface area contributed by atoms with Gasteiger partial charge in [-0.25, -0.2) is 4.39 Å². The van der Waals surface area contributed by atoms with Crippen molar-refractivity contribution in [1.82, 2.24) is 0 Å². The number of hydrogen-bond acceptors (Lipinski definition) is 0. The van der Waals surface area contributed by atoms with Crippen LogP contribution in [0.25, 0.3) is 10.8 Å². The molecule has 0 fully saturated rings. The molecule has 3 rings (SSSR count). The average molecular weight is 364 g/mol. The molecule has 0 aliphatic heterocycles. The van der Waals surface area contributed by atoms with Gasteiger partial charge in [0.25, 0.3) is 0 Å². The quantitative estimate of drug-likeness (QED) is 0.463. The number of alkyl halides is 1. The average Bonchev–Trinajstić information content (AvgIpc) is 2.49. The van der Waals surface area contributed by atoms with Crippen LogP contribution in [0, 0.1) is 12.7 Å². The number of rotatable bonds is 2. The maximum Gasteiger partial charge on any atom is 0.123 e. The molecule has 3 heteroatoms. The molecule has 1 unspecified atom stereocenters. The van der Waals surface area contributed by atoms with Gasteiger partial charge in [0.2, 0.25) is 0 Å². The van der Waals surface area contributed by atoms with Gasteiger partial charge < -0.3 is 0 Å². The molecule has 0 nitrogen and oxygen atoms in total. The molecule has 3 aromatic rings. The van der Waals surface area contributed by atoms with Crippen LogP contribution in [0.3, 0.4) is 0 Å². The van der Waals surface area contributed by atoms with Crippen LogP contribution in [0.2, 0.25) is 0 Å². The van der Waals surface area contributed by atoms with E-state index in [4.69, 9.17) is 11.6 Å². The Kier molecular flexibility index (Phi) is 4.01. The van der Waals surface area contributed by atoms with Crippen molar-refractivity contribution in [2.75, 3.05) is 0 Å². The Morgan fingerprint density at radius 2 is 1.81 bits per heavy atom. The summed E-state index contributed by atoms with van der Waals surface area (Å²) in [6, 6.07) is 16.9. The molecule has 0 saturated heterocycles. The number of halogens is 3. The van der Waals surface area contributed by atoms with Crippen LogP contribution in [0.5, 0.6) is 0 Å². The molecule has 0 aliphatic rings. The van der Waals surface area contributed by atoms with Crippen molar-refractivity contribution < 1.29 is 4.39 Å². The van der Waals surface area contributed by atoms with Crippen molar-refractivity contribution >= 4 is 38.3 Å². The van der Waals surface area contributed by atoms with Crippen LogP contribution >= 0.6 is 27.5 Å². The molecule has 3 aromatic carbocycles. The first kappa shape index (κ1) is 14.6. The third-order valence-electron chi connectivity index (χ3n) is 3.67. The summed E-state index contributed by atoms with van der Waals surface area (Å²) < 4.78 is 14.4. The number of hydrogen-bond donors (Lipinski definition) is 0. The number of benzene rings is 3. The summed E-state index contributed by atoms with van der Waals surface area (Å²) in [5.74, 6) is -0.281. The van der Waals surface area contributed by atoms with Gasteiger partial charge in [0.05, 0.1) is 5.38 Å². The monoisotopic (exact) mass is 362 g/mol. The molecular weight excluding hydrogens is 351 g/mol. The number of aryl methyl sites for hydroxylation is 1. The minimum atomic E-state index is -0.402. The molecule has 0 aliphatic carbocycles. The van der Waals surface area contributed by atoms with Crippen LogP contribution in [0.15, 0.2) is 59.1 Å². The van der Waals surface area contributed by atoms with Crippen LogP contribution in [0.4, 0.5) is 4.39 Å². The smallest absolute Gasteiger partial charge is 0.123 e. The van der Waals surface area contributed by atoms with Crippen LogP contribution in [0.1, 0.15) is 22.1 Å². The maximum absolute atomic E-state index is 13.6. The van der Waals surface area contributed by atoms with Crippen LogP contribution in [-0.4, -0.2) is 0 Å². The Morgan fingerprint density at radius 3 is 2.62 bits per heavy atom. The molecule has 1 atom stereocenters. The molecular formula is C18H13BrClF. The van der Waals surface area contributed by atoms with E-state index in [0.717, 1.165) is 31.9 Å². The summed E-state index contributed by atoms with van der Waals surface area (Å²) >= 11 is 10.2.